The summed E-state index contributed by atoms with van der Waals surface area (Å²) in [4.78, 5) is 13.9. The first-order chi connectivity index (χ1) is 11.6. The van der Waals surface area contributed by atoms with Crippen LogP contribution < -0.4 is 10.1 Å². The zero-order valence-corrected chi connectivity index (χ0v) is 14.4. The molecule has 1 amide bonds. The number of hydrogen-bond acceptors (Lipinski definition) is 6. The van der Waals surface area contributed by atoms with Gasteiger partial charge in [-0.25, -0.2) is 0 Å². The summed E-state index contributed by atoms with van der Waals surface area (Å²) in [6.45, 7) is 1.63. The second kappa shape index (κ2) is 9.02. The van der Waals surface area contributed by atoms with Crippen molar-refractivity contribution in [2.45, 2.75) is 19.3 Å². The lowest BCUT2D eigenvalue weighted by atomic mass is 10.2. The second-order valence-corrected chi connectivity index (χ2v) is 5.74. The molecule has 0 fully saturated rings. The third-order valence-electron chi connectivity index (χ3n) is 3.45. The van der Waals surface area contributed by atoms with Gasteiger partial charge in [-0.15, -0.1) is 10.2 Å². The first kappa shape index (κ1) is 17.9. The molecule has 0 aliphatic heterocycles. The summed E-state index contributed by atoms with van der Waals surface area (Å²) in [7, 11) is 5.63. The van der Waals surface area contributed by atoms with E-state index in [1.807, 2.05) is 38.4 Å². The van der Waals surface area contributed by atoms with Crippen LogP contribution in [0.1, 0.15) is 18.7 Å². The second-order valence-electron chi connectivity index (χ2n) is 5.74. The van der Waals surface area contributed by atoms with E-state index < -0.39 is 0 Å². The quantitative estimate of drug-likeness (QED) is 0.705. The third kappa shape index (κ3) is 5.66. The number of ether oxygens (including phenoxy) is 1. The zero-order chi connectivity index (χ0) is 17.4. The predicted octanol–water partition coefficient (Wildman–Crippen LogP) is 1.75. The van der Waals surface area contributed by atoms with E-state index in [1.165, 1.54) is 0 Å². The van der Waals surface area contributed by atoms with E-state index in [1.54, 1.807) is 7.11 Å². The van der Waals surface area contributed by atoms with Gasteiger partial charge in [0.1, 0.15) is 5.75 Å². The lowest BCUT2D eigenvalue weighted by Crippen LogP contribution is -2.27. The van der Waals surface area contributed by atoms with Crippen molar-refractivity contribution in [2.75, 3.05) is 34.3 Å². The molecular formula is C17H24N4O3. The summed E-state index contributed by atoms with van der Waals surface area (Å²) in [5, 5.41) is 10.9. The number of rotatable bonds is 9. The molecular weight excluding hydrogens is 308 g/mol. The van der Waals surface area contributed by atoms with Crippen molar-refractivity contribution in [3.63, 3.8) is 0 Å². The highest BCUT2D eigenvalue weighted by Gasteiger charge is 2.11. The molecule has 0 saturated carbocycles. The van der Waals surface area contributed by atoms with Gasteiger partial charge in [-0.05, 0) is 45.3 Å². The highest BCUT2D eigenvalue weighted by atomic mass is 16.5. The molecule has 1 aromatic heterocycles. The lowest BCUT2D eigenvalue weighted by molar-refractivity contribution is -0.121. The highest BCUT2D eigenvalue weighted by Crippen LogP contribution is 2.22. The van der Waals surface area contributed by atoms with E-state index in [9.17, 15) is 4.79 Å². The Labute approximate surface area is 142 Å². The van der Waals surface area contributed by atoms with Gasteiger partial charge in [0.15, 0.2) is 0 Å². The molecule has 0 atom stereocenters. The number of hydrogen-bond donors (Lipinski definition) is 1. The maximum Gasteiger partial charge on any atom is 0.247 e. The van der Waals surface area contributed by atoms with Crippen molar-refractivity contribution in [3.8, 4) is 17.2 Å². The Balaban J connectivity index is 1.80. The van der Waals surface area contributed by atoms with Gasteiger partial charge in [0.05, 0.1) is 7.11 Å². The van der Waals surface area contributed by atoms with Gasteiger partial charge in [-0.3, -0.25) is 4.79 Å². The maximum absolute atomic E-state index is 11.8. The Morgan fingerprint density at radius 2 is 2.17 bits per heavy atom. The van der Waals surface area contributed by atoms with Crippen LogP contribution in [-0.4, -0.2) is 55.3 Å². The molecule has 0 aliphatic carbocycles. The van der Waals surface area contributed by atoms with E-state index in [0.717, 1.165) is 24.3 Å². The molecule has 2 aromatic rings. The van der Waals surface area contributed by atoms with Crippen LogP contribution in [0, 0.1) is 0 Å². The number of nitrogens with one attached hydrogen (secondary N) is 1. The molecule has 0 bridgehead atoms. The Kier molecular flexibility index (Phi) is 6.74. The average molecular weight is 332 g/mol. The molecule has 7 nitrogen and oxygen atoms in total. The van der Waals surface area contributed by atoms with Gasteiger partial charge in [0, 0.05) is 24.9 Å². The number of carbonyl (C=O) groups excluding carboxylic acids is 1. The number of methoxy groups -OCH3 is 1. The van der Waals surface area contributed by atoms with Gasteiger partial charge in [0.2, 0.25) is 17.7 Å². The average Bonchev–Trinajstić information content (AvgIpc) is 3.06. The van der Waals surface area contributed by atoms with E-state index >= 15 is 0 Å². The number of benzene rings is 1. The molecule has 1 N–H and O–H groups in total. The van der Waals surface area contributed by atoms with E-state index in [4.69, 9.17) is 9.15 Å². The minimum absolute atomic E-state index is 0.00473. The predicted molar refractivity (Wildman–Crippen MR) is 90.8 cm³/mol. The van der Waals surface area contributed by atoms with E-state index in [2.05, 4.69) is 20.4 Å². The van der Waals surface area contributed by atoms with Crippen LogP contribution in [0.15, 0.2) is 28.7 Å². The minimum atomic E-state index is -0.00473. The zero-order valence-electron chi connectivity index (χ0n) is 14.4. The summed E-state index contributed by atoms with van der Waals surface area (Å²) in [5.74, 6) is 1.60. The fraction of sp³-hybridized carbons (Fsp3) is 0.471. The normalized spacial score (nSPS) is 10.8. The largest absolute Gasteiger partial charge is 0.497 e. The van der Waals surface area contributed by atoms with Crippen molar-refractivity contribution < 1.29 is 13.9 Å². The van der Waals surface area contributed by atoms with Crippen molar-refractivity contribution in [2.24, 2.45) is 0 Å². The fourth-order valence-electron chi connectivity index (χ4n) is 2.16. The molecule has 7 heteroatoms. The number of nitrogens with zero attached hydrogens (tertiary/aromatic N) is 3. The summed E-state index contributed by atoms with van der Waals surface area (Å²) >= 11 is 0. The van der Waals surface area contributed by atoms with Crippen LogP contribution in [-0.2, 0) is 11.2 Å². The highest BCUT2D eigenvalue weighted by molar-refractivity contribution is 5.75. The van der Waals surface area contributed by atoms with Gasteiger partial charge in [0.25, 0.3) is 0 Å². The van der Waals surface area contributed by atoms with Gasteiger partial charge in [-0.2, -0.15) is 0 Å². The summed E-state index contributed by atoms with van der Waals surface area (Å²) in [6, 6.07) is 7.41. The molecule has 0 aliphatic rings. The number of aryl methyl sites for hydroxylation is 1. The van der Waals surface area contributed by atoms with E-state index in [-0.39, 0.29) is 5.91 Å². The van der Waals surface area contributed by atoms with Crippen molar-refractivity contribution >= 4 is 5.91 Å². The number of carbonyl (C=O) groups is 1. The molecule has 1 aromatic carbocycles. The van der Waals surface area contributed by atoms with Gasteiger partial charge < -0.3 is 19.4 Å². The van der Waals surface area contributed by atoms with Crippen LogP contribution in [0.2, 0.25) is 0 Å². The summed E-state index contributed by atoms with van der Waals surface area (Å²) in [6.07, 6.45) is 1.69. The molecule has 0 spiro atoms. The summed E-state index contributed by atoms with van der Waals surface area (Å²) < 4.78 is 10.8. The first-order valence-electron chi connectivity index (χ1n) is 7.96. The van der Waals surface area contributed by atoms with Crippen molar-refractivity contribution in [1.82, 2.24) is 20.4 Å². The van der Waals surface area contributed by atoms with Gasteiger partial charge >= 0.3 is 0 Å². The standard InChI is InChI=1S/C17H24N4O3/c1-21(2)11-5-10-18-15(22)8-9-16-19-20-17(24-16)13-6-4-7-14(12-13)23-3/h4,6-7,12H,5,8-11H2,1-3H3,(H,18,22). The van der Waals surface area contributed by atoms with Crippen LogP contribution in [0.3, 0.4) is 0 Å². The minimum Gasteiger partial charge on any atom is -0.497 e. The Morgan fingerprint density at radius 3 is 2.92 bits per heavy atom. The summed E-state index contributed by atoms with van der Waals surface area (Å²) in [5.41, 5.74) is 0.793. The third-order valence-corrected chi connectivity index (χ3v) is 3.45. The molecule has 24 heavy (non-hydrogen) atoms. The SMILES string of the molecule is COc1cccc(-c2nnc(CCC(=O)NCCCN(C)C)o2)c1. The molecule has 2 rings (SSSR count). The van der Waals surface area contributed by atoms with Crippen LogP contribution in [0.5, 0.6) is 5.75 Å². The number of amides is 1. The first-order valence-corrected chi connectivity index (χ1v) is 7.96. The molecule has 0 saturated heterocycles. The fourth-order valence-corrected chi connectivity index (χ4v) is 2.16. The number of aromatic nitrogens is 2. The molecule has 0 radical (unpaired) electrons. The Morgan fingerprint density at radius 1 is 1.33 bits per heavy atom. The topological polar surface area (TPSA) is 80.5 Å². The van der Waals surface area contributed by atoms with Crippen molar-refractivity contribution in [3.05, 3.63) is 30.2 Å². The molecule has 130 valence electrons. The Hall–Kier alpha value is -2.41. The van der Waals surface area contributed by atoms with Crippen LogP contribution >= 0.6 is 0 Å². The van der Waals surface area contributed by atoms with E-state index in [0.29, 0.717) is 31.2 Å². The smallest absolute Gasteiger partial charge is 0.247 e. The molecule has 0 unspecified atom stereocenters. The maximum atomic E-state index is 11.8. The van der Waals surface area contributed by atoms with Gasteiger partial charge in [-0.1, -0.05) is 6.07 Å². The van der Waals surface area contributed by atoms with Crippen LogP contribution in [0.25, 0.3) is 11.5 Å². The van der Waals surface area contributed by atoms with Crippen molar-refractivity contribution in [1.29, 1.82) is 0 Å². The molecule has 1 heterocycles. The monoisotopic (exact) mass is 332 g/mol. The Bertz CT molecular complexity index is 655. The van der Waals surface area contributed by atoms with Crippen LogP contribution in [0.4, 0.5) is 0 Å². The lowest BCUT2D eigenvalue weighted by Gasteiger charge is -2.09.